The van der Waals surface area contributed by atoms with Gasteiger partial charge in [0.2, 0.25) is 5.91 Å². The first-order valence-electron chi connectivity index (χ1n) is 7.37. The number of carbonyl (C=O) groups is 1. The highest BCUT2D eigenvalue weighted by molar-refractivity contribution is 5.77. The molecule has 4 nitrogen and oxygen atoms in total. The second kappa shape index (κ2) is 9.34. The molecule has 1 unspecified atom stereocenters. The molecule has 0 aliphatic carbocycles. The average molecular weight is 256 g/mol. The van der Waals surface area contributed by atoms with E-state index in [-0.39, 0.29) is 5.91 Å². The van der Waals surface area contributed by atoms with Crippen LogP contribution in [0.2, 0.25) is 0 Å². The highest BCUT2D eigenvalue weighted by atomic mass is 16.5. The minimum Gasteiger partial charge on any atom is -0.377 e. The normalized spacial score (nSPS) is 20.1. The molecule has 1 rings (SSSR count). The zero-order chi connectivity index (χ0) is 13.2. The van der Waals surface area contributed by atoms with Crippen LogP contribution in [0.3, 0.4) is 0 Å². The van der Waals surface area contributed by atoms with Crippen LogP contribution in [0.5, 0.6) is 0 Å². The van der Waals surface area contributed by atoms with Crippen molar-refractivity contribution in [2.45, 2.75) is 52.1 Å². The van der Waals surface area contributed by atoms with E-state index in [0.29, 0.717) is 12.6 Å². The van der Waals surface area contributed by atoms with Crippen molar-refractivity contribution >= 4 is 5.91 Å². The van der Waals surface area contributed by atoms with Crippen LogP contribution < -0.4 is 5.32 Å². The Morgan fingerprint density at radius 1 is 1.33 bits per heavy atom. The van der Waals surface area contributed by atoms with Gasteiger partial charge in [0.25, 0.3) is 0 Å². The molecule has 1 saturated heterocycles. The molecule has 4 heteroatoms. The molecule has 1 heterocycles. The summed E-state index contributed by atoms with van der Waals surface area (Å²) in [5.41, 5.74) is 0. The molecule has 1 aliphatic heterocycles. The number of hydrogen-bond donors (Lipinski definition) is 1. The van der Waals surface area contributed by atoms with E-state index in [9.17, 15) is 4.79 Å². The lowest BCUT2D eigenvalue weighted by Gasteiger charge is -2.29. The van der Waals surface area contributed by atoms with Crippen LogP contribution in [0.15, 0.2) is 0 Å². The predicted molar refractivity (Wildman–Crippen MR) is 73.6 cm³/mol. The van der Waals surface area contributed by atoms with Crippen LogP contribution in [0.25, 0.3) is 0 Å². The third-order valence-electron chi connectivity index (χ3n) is 3.22. The van der Waals surface area contributed by atoms with Crippen LogP contribution >= 0.6 is 0 Å². The van der Waals surface area contributed by atoms with Crippen LogP contribution in [0.4, 0.5) is 0 Å². The summed E-state index contributed by atoms with van der Waals surface area (Å²) < 4.78 is 5.74. The van der Waals surface area contributed by atoms with Crippen LogP contribution in [-0.2, 0) is 9.53 Å². The molecule has 0 aromatic carbocycles. The van der Waals surface area contributed by atoms with Crippen molar-refractivity contribution in [2.75, 3.05) is 32.8 Å². The first-order chi connectivity index (χ1) is 8.76. The molecule has 0 saturated carbocycles. The fourth-order valence-corrected chi connectivity index (χ4v) is 2.31. The molecule has 18 heavy (non-hydrogen) atoms. The summed E-state index contributed by atoms with van der Waals surface area (Å²) in [6.45, 7) is 8.25. The predicted octanol–water partition coefficient (Wildman–Crippen LogP) is 1.79. The molecular weight excluding hydrogens is 228 g/mol. The first kappa shape index (κ1) is 15.4. The fraction of sp³-hybridized carbons (Fsp3) is 0.929. The Labute approximate surface area is 111 Å². The third-order valence-corrected chi connectivity index (χ3v) is 3.22. The largest absolute Gasteiger partial charge is 0.377 e. The topological polar surface area (TPSA) is 41.6 Å². The molecule has 0 radical (unpaired) electrons. The van der Waals surface area contributed by atoms with Crippen LogP contribution in [-0.4, -0.2) is 49.7 Å². The Balaban J connectivity index is 2.30. The average Bonchev–Trinajstić information content (AvgIpc) is 2.38. The Bertz CT molecular complexity index is 228. The maximum atomic E-state index is 11.7. The van der Waals surface area contributed by atoms with Crippen molar-refractivity contribution in [3.63, 3.8) is 0 Å². The van der Waals surface area contributed by atoms with Gasteiger partial charge in [0.05, 0.1) is 12.6 Å². The van der Waals surface area contributed by atoms with Gasteiger partial charge in [0.15, 0.2) is 0 Å². The second-order valence-electron chi connectivity index (χ2n) is 5.07. The number of hydrogen-bond acceptors (Lipinski definition) is 3. The molecule has 0 aromatic rings. The van der Waals surface area contributed by atoms with E-state index in [1.54, 1.807) is 0 Å². The molecular formula is C14H28N2O2. The standard InChI is InChI=1S/C14H28N2O2/c1-3-8-15-14(17)12-16(9-4-2)11-13-7-5-6-10-18-13/h13H,3-12H2,1-2H3,(H,15,17). The summed E-state index contributed by atoms with van der Waals surface area (Å²) in [5, 5.41) is 2.94. The SMILES string of the molecule is CCCNC(=O)CN(CCC)CC1CCCCO1. The summed E-state index contributed by atoms with van der Waals surface area (Å²) in [6, 6.07) is 0. The van der Waals surface area contributed by atoms with Crippen molar-refractivity contribution in [3.8, 4) is 0 Å². The second-order valence-corrected chi connectivity index (χ2v) is 5.07. The van der Waals surface area contributed by atoms with Crippen molar-refractivity contribution in [2.24, 2.45) is 0 Å². The molecule has 1 atom stereocenters. The molecule has 106 valence electrons. The lowest BCUT2D eigenvalue weighted by atomic mass is 10.1. The van der Waals surface area contributed by atoms with E-state index < -0.39 is 0 Å². The first-order valence-corrected chi connectivity index (χ1v) is 7.37. The zero-order valence-electron chi connectivity index (χ0n) is 11.9. The Kier molecular flexibility index (Phi) is 8.01. The summed E-state index contributed by atoms with van der Waals surface area (Å²) >= 11 is 0. The summed E-state index contributed by atoms with van der Waals surface area (Å²) in [6.07, 6.45) is 5.97. The van der Waals surface area contributed by atoms with Gasteiger partial charge < -0.3 is 10.1 Å². The van der Waals surface area contributed by atoms with Gasteiger partial charge in [-0.2, -0.15) is 0 Å². The quantitative estimate of drug-likeness (QED) is 0.720. The zero-order valence-corrected chi connectivity index (χ0v) is 11.9. The van der Waals surface area contributed by atoms with Crippen molar-refractivity contribution in [1.29, 1.82) is 0 Å². The maximum Gasteiger partial charge on any atom is 0.234 e. The van der Waals surface area contributed by atoms with Crippen molar-refractivity contribution in [3.05, 3.63) is 0 Å². The van der Waals surface area contributed by atoms with Gasteiger partial charge >= 0.3 is 0 Å². The molecule has 1 fully saturated rings. The summed E-state index contributed by atoms with van der Waals surface area (Å²) in [7, 11) is 0. The maximum absolute atomic E-state index is 11.7. The number of nitrogens with zero attached hydrogens (tertiary/aromatic N) is 1. The van der Waals surface area contributed by atoms with Crippen molar-refractivity contribution < 1.29 is 9.53 Å². The summed E-state index contributed by atoms with van der Waals surface area (Å²) in [4.78, 5) is 14.0. The number of amides is 1. The van der Waals surface area contributed by atoms with Gasteiger partial charge in [0, 0.05) is 19.7 Å². The highest BCUT2D eigenvalue weighted by Gasteiger charge is 2.18. The third kappa shape index (κ3) is 6.36. The Hall–Kier alpha value is -0.610. The molecule has 0 bridgehead atoms. The molecule has 0 aromatic heterocycles. The minimum absolute atomic E-state index is 0.140. The molecule has 1 N–H and O–H groups in total. The number of rotatable bonds is 8. The lowest BCUT2D eigenvalue weighted by molar-refractivity contribution is -0.122. The molecule has 1 amide bonds. The van der Waals surface area contributed by atoms with Crippen molar-refractivity contribution in [1.82, 2.24) is 10.2 Å². The number of carbonyl (C=O) groups excluding carboxylic acids is 1. The number of ether oxygens (including phenoxy) is 1. The van der Waals surface area contributed by atoms with E-state index in [2.05, 4.69) is 24.1 Å². The van der Waals surface area contributed by atoms with Gasteiger partial charge in [-0.15, -0.1) is 0 Å². The number of nitrogens with one attached hydrogen (secondary N) is 1. The van der Waals surface area contributed by atoms with Gasteiger partial charge in [-0.05, 0) is 38.6 Å². The van der Waals surface area contributed by atoms with E-state index in [1.165, 1.54) is 12.8 Å². The van der Waals surface area contributed by atoms with E-state index in [4.69, 9.17) is 4.74 Å². The van der Waals surface area contributed by atoms with E-state index in [0.717, 1.165) is 45.5 Å². The van der Waals surface area contributed by atoms with E-state index >= 15 is 0 Å². The fourth-order valence-electron chi connectivity index (χ4n) is 2.31. The smallest absolute Gasteiger partial charge is 0.234 e. The highest BCUT2D eigenvalue weighted by Crippen LogP contribution is 2.13. The molecule has 0 spiro atoms. The molecule has 1 aliphatic rings. The Morgan fingerprint density at radius 2 is 2.17 bits per heavy atom. The van der Waals surface area contributed by atoms with Gasteiger partial charge in [-0.1, -0.05) is 13.8 Å². The lowest BCUT2D eigenvalue weighted by Crippen LogP contribution is -2.42. The van der Waals surface area contributed by atoms with E-state index in [1.807, 2.05) is 0 Å². The minimum atomic E-state index is 0.140. The van der Waals surface area contributed by atoms with Gasteiger partial charge in [-0.25, -0.2) is 0 Å². The monoisotopic (exact) mass is 256 g/mol. The van der Waals surface area contributed by atoms with Crippen LogP contribution in [0.1, 0.15) is 46.0 Å². The Morgan fingerprint density at radius 3 is 2.78 bits per heavy atom. The van der Waals surface area contributed by atoms with Crippen LogP contribution in [0, 0.1) is 0 Å². The van der Waals surface area contributed by atoms with Gasteiger partial charge in [-0.3, -0.25) is 9.69 Å². The summed E-state index contributed by atoms with van der Waals surface area (Å²) in [5.74, 6) is 0.140. The van der Waals surface area contributed by atoms with Gasteiger partial charge in [0.1, 0.15) is 0 Å².